The zero-order chi connectivity index (χ0) is 20.0. The van der Waals surface area contributed by atoms with Crippen LogP contribution in [0.4, 0.5) is 0 Å². The van der Waals surface area contributed by atoms with E-state index in [-0.39, 0.29) is 5.41 Å². The van der Waals surface area contributed by atoms with E-state index in [1.54, 1.807) is 19.2 Å². The van der Waals surface area contributed by atoms with Gasteiger partial charge in [-0.15, -0.1) is 0 Å². The number of hydrogen-bond donors (Lipinski definition) is 2. The molecule has 0 bridgehead atoms. The van der Waals surface area contributed by atoms with Crippen LogP contribution < -0.4 is 15.4 Å². The number of benzene rings is 1. The molecule has 0 aliphatic rings. The maximum absolute atomic E-state index is 6.08. The van der Waals surface area contributed by atoms with Gasteiger partial charge < -0.3 is 19.9 Å². The summed E-state index contributed by atoms with van der Waals surface area (Å²) in [6.45, 7) is 7.23. The molecule has 1 aromatic heterocycles. The van der Waals surface area contributed by atoms with Crippen molar-refractivity contribution >= 4 is 40.8 Å². The monoisotopic (exact) mass is 433 g/mol. The maximum atomic E-state index is 6.08. The first-order valence-corrected chi connectivity index (χ1v) is 9.39. The van der Waals surface area contributed by atoms with Gasteiger partial charge in [-0.1, -0.05) is 60.7 Å². The van der Waals surface area contributed by atoms with Gasteiger partial charge >= 0.3 is 0 Å². The summed E-state index contributed by atoms with van der Waals surface area (Å²) in [4.78, 5) is 8.50. The van der Waals surface area contributed by atoms with Crippen molar-refractivity contribution in [3.8, 4) is 5.75 Å². The molecule has 0 unspecified atom stereocenters. The number of ether oxygens (including phenoxy) is 1. The highest BCUT2D eigenvalue weighted by Crippen LogP contribution is 2.35. The molecule has 2 N–H and O–H groups in total. The minimum atomic E-state index is -0.188. The molecule has 0 fully saturated rings. The number of halogens is 3. The van der Waals surface area contributed by atoms with Gasteiger partial charge in [0.15, 0.2) is 17.5 Å². The Balaban J connectivity index is 1.79. The van der Waals surface area contributed by atoms with Gasteiger partial charge in [0, 0.05) is 17.5 Å². The predicted octanol–water partition coefficient (Wildman–Crippen LogP) is 4.07. The first kappa shape index (κ1) is 21.6. The molecule has 0 aliphatic carbocycles. The van der Waals surface area contributed by atoms with Crippen molar-refractivity contribution in [2.24, 2.45) is 4.99 Å². The van der Waals surface area contributed by atoms with Crippen LogP contribution in [0.2, 0.25) is 15.1 Å². The van der Waals surface area contributed by atoms with Gasteiger partial charge in [0.2, 0.25) is 5.89 Å². The molecule has 2 aromatic rings. The van der Waals surface area contributed by atoms with Crippen LogP contribution in [0.25, 0.3) is 0 Å². The summed E-state index contributed by atoms with van der Waals surface area (Å²) in [6.07, 6.45) is 0. The zero-order valence-corrected chi connectivity index (χ0v) is 17.8. The Morgan fingerprint density at radius 1 is 1.19 bits per heavy atom. The molecule has 0 radical (unpaired) electrons. The van der Waals surface area contributed by atoms with Crippen molar-refractivity contribution in [2.75, 3.05) is 20.2 Å². The van der Waals surface area contributed by atoms with Gasteiger partial charge in [0.05, 0.1) is 23.1 Å². The molecular formula is C17H22Cl3N5O2. The highest BCUT2D eigenvalue weighted by molar-refractivity contribution is 6.40. The minimum Gasteiger partial charge on any atom is -0.489 e. The molecule has 0 amide bonds. The molecule has 0 atom stereocenters. The van der Waals surface area contributed by atoms with Crippen molar-refractivity contribution < 1.29 is 9.26 Å². The molecule has 10 heteroatoms. The summed E-state index contributed by atoms with van der Waals surface area (Å²) in [5.41, 5.74) is -0.188. The molecule has 2 rings (SSSR count). The second-order valence-corrected chi connectivity index (χ2v) is 7.92. The molecule has 27 heavy (non-hydrogen) atoms. The summed E-state index contributed by atoms with van der Waals surface area (Å²) >= 11 is 18.0. The van der Waals surface area contributed by atoms with E-state index in [2.05, 4.69) is 25.8 Å². The van der Waals surface area contributed by atoms with Crippen molar-refractivity contribution in [2.45, 2.75) is 32.7 Å². The Labute approximate surface area is 173 Å². The molecule has 0 spiro atoms. The average Bonchev–Trinajstić information content (AvgIpc) is 3.05. The van der Waals surface area contributed by atoms with Crippen LogP contribution in [0.1, 0.15) is 32.5 Å². The van der Waals surface area contributed by atoms with Crippen LogP contribution in [0.5, 0.6) is 5.75 Å². The second-order valence-electron chi connectivity index (χ2n) is 6.67. The van der Waals surface area contributed by atoms with E-state index in [9.17, 15) is 0 Å². The minimum absolute atomic E-state index is 0.188. The molecule has 148 valence electrons. The van der Waals surface area contributed by atoms with Gasteiger partial charge in [0.25, 0.3) is 0 Å². The van der Waals surface area contributed by atoms with Crippen LogP contribution in [-0.4, -0.2) is 36.3 Å². The quantitative estimate of drug-likeness (QED) is 0.405. The van der Waals surface area contributed by atoms with Crippen molar-refractivity contribution in [3.63, 3.8) is 0 Å². The van der Waals surface area contributed by atoms with Gasteiger partial charge in [0.1, 0.15) is 6.61 Å². The summed E-state index contributed by atoms with van der Waals surface area (Å²) in [6, 6.07) is 3.16. The largest absolute Gasteiger partial charge is 0.489 e. The Hall–Kier alpha value is -1.70. The van der Waals surface area contributed by atoms with Crippen molar-refractivity contribution in [1.29, 1.82) is 0 Å². The number of hydrogen-bond acceptors (Lipinski definition) is 5. The van der Waals surface area contributed by atoms with E-state index in [0.29, 0.717) is 58.2 Å². The van der Waals surface area contributed by atoms with E-state index in [0.717, 1.165) is 0 Å². The van der Waals surface area contributed by atoms with Crippen LogP contribution in [0.15, 0.2) is 21.6 Å². The second kappa shape index (κ2) is 9.48. The number of rotatable bonds is 6. The SMILES string of the molecule is CN=C(NCCOc1c(Cl)cc(Cl)cc1Cl)NCc1noc(C(C)(C)C)n1. The van der Waals surface area contributed by atoms with E-state index in [1.165, 1.54) is 0 Å². The number of aromatic nitrogens is 2. The van der Waals surface area contributed by atoms with Gasteiger partial charge in [-0.2, -0.15) is 4.98 Å². The van der Waals surface area contributed by atoms with Crippen molar-refractivity contribution in [1.82, 2.24) is 20.8 Å². The van der Waals surface area contributed by atoms with Gasteiger partial charge in [-0.3, -0.25) is 4.99 Å². The molecule has 0 saturated carbocycles. The number of nitrogens with one attached hydrogen (secondary N) is 2. The van der Waals surface area contributed by atoms with E-state index >= 15 is 0 Å². The lowest BCUT2D eigenvalue weighted by atomic mass is 9.97. The Morgan fingerprint density at radius 3 is 2.41 bits per heavy atom. The smallest absolute Gasteiger partial charge is 0.232 e. The Kier molecular flexibility index (Phi) is 7.59. The standard InChI is InChI=1S/C17H22Cl3N5O2/c1-17(2,3)15-24-13(25-27-15)9-23-16(21-4)22-5-6-26-14-11(19)7-10(18)8-12(14)20/h7-8H,5-6,9H2,1-4H3,(H2,21,22,23). The molecule has 7 nitrogen and oxygen atoms in total. The van der Waals surface area contributed by atoms with E-state index < -0.39 is 0 Å². The average molecular weight is 435 g/mol. The number of nitrogens with zero attached hydrogens (tertiary/aromatic N) is 3. The first-order chi connectivity index (χ1) is 12.7. The lowest BCUT2D eigenvalue weighted by Crippen LogP contribution is -2.39. The van der Waals surface area contributed by atoms with Gasteiger partial charge in [-0.05, 0) is 12.1 Å². The lowest BCUT2D eigenvalue weighted by molar-refractivity contribution is 0.318. The summed E-state index contributed by atoms with van der Waals surface area (Å²) < 4.78 is 10.9. The topological polar surface area (TPSA) is 84.6 Å². The van der Waals surface area contributed by atoms with Crippen molar-refractivity contribution in [3.05, 3.63) is 38.9 Å². The third-order valence-electron chi connectivity index (χ3n) is 3.35. The van der Waals surface area contributed by atoms with Crippen LogP contribution in [0.3, 0.4) is 0 Å². The third kappa shape index (κ3) is 6.45. The van der Waals surface area contributed by atoms with E-state index in [1.807, 2.05) is 20.8 Å². The van der Waals surface area contributed by atoms with Gasteiger partial charge in [-0.25, -0.2) is 0 Å². The summed E-state index contributed by atoms with van der Waals surface area (Å²) in [5, 5.41) is 11.4. The van der Waals surface area contributed by atoms with E-state index in [4.69, 9.17) is 44.1 Å². The molecular weight excluding hydrogens is 413 g/mol. The lowest BCUT2D eigenvalue weighted by Gasteiger charge is -2.13. The Morgan fingerprint density at radius 2 is 1.85 bits per heavy atom. The molecule has 1 aromatic carbocycles. The Bertz CT molecular complexity index is 779. The fourth-order valence-electron chi connectivity index (χ4n) is 2.00. The van der Waals surface area contributed by atoms with Crippen LogP contribution in [0, 0.1) is 0 Å². The number of guanidine groups is 1. The fraction of sp³-hybridized carbons (Fsp3) is 0.471. The summed E-state index contributed by atoms with van der Waals surface area (Å²) in [7, 11) is 1.67. The number of aliphatic imine (C=N–C) groups is 1. The van der Waals surface area contributed by atoms with Crippen LogP contribution >= 0.6 is 34.8 Å². The highest BCUT2D eigenvalue weighted by Gasteiger charge is 2.21. The first-order valence-electron chi connectivity index (χ1n) is 8.25. The normalized spacial score (nSPS) is 12.2. The molecule has 1 heterocycles. The molecule has 0 saturated heterocycles. The third-order valence-corrected chi connectivity index (χ3v) is 4.13. The fourth-order valence-corrected chi connectivity index (χ4v) is 2.93. The predicted molar refractivity (Wildman–Crippen MR) is 108 cm³/mol. The van der Waals surface area contributed by atoms with Crippen LogP contribution in [-0.2, 0) is 12.0 Å². The highest BCUT2D eigenvalue weighted by atomic mass is 35.5. The summed E-state index contributed by atoms with van der Waals surface area (Å²) in [5.74, 6) is 2.12. The molecule has 0 aliphatic heterocycles. The maximum Gasteiger partial charge on any atom is 0.232 e. The zero-order valence-electron chi connectivity index (χ0n) is 15.6.